The lowest BCUT2D eigenvalue weighted by Crippen LogP contribution is -2.28. The first kappa shape index (κ1) is 15.6. The number of carbonyl (C=O) groups excluding carboxylic acids is 1. The lowest BCUT2D eigenvalue weighted by molar-refractivity contribution is 0.249. The first-order chi connectivity index (χ1) is 12.3. The van der Waals surface area contributed by atoms with Crippen LogP contribution in [0.15, 0.2) is 28.9 Å². The van der Waals surface area contributed by atoms with Gasteiger partial charge in [-0.2, -0.15) is 10.1 Å². The Morgan fingerprint density at radius 2 is 2.16 bits per heavy atom. The van der Waals surface area contributed by atoms with E-state index in [-0.39, 0.29) is 12.6 Å². The van der Waals surface area contributed by atoms with E-state index in [2.05, 4.69) is 31.0 Å². The Hall–Kier alpha value is -2.90. The minimum Gasteiger partial charge on any atom is -0.337 e. The van der Waals surface area contributed by atoms with E-state index in [9.17, 15) is 4.79 Å². The minimum atomic E-state index is -0.328. The highest BCUT2D eigenvalue weighted by Gasteiger charge is 2.21. The molecule has 0 spiro atoms. The van der Waals surface area contributed by atoms with E-state index in [4.69, 9.17) is 4.52 Å². The Morgan fingerprint density at radius 3 is 3.04 bits per heavy atom. The van der Waals surface area contributed by atoms with Gasteiger partial charge in [0.05, 0.1) is 23.9 Å². The third-order valence-corrected chi connectivity index (χ3v) is 4.59. The summed E-state index contributed by atoms with van der Waals surface area (Å²) in [5.74, 6) is 1.58. The Kier molecular flexibility index (Phi) is 4.32. The minimum absolute atomic E-state index is 0.201. The molecule has 8 nitrogen and oxygen atoms in total. The fraction of sp³-hybridized carbons (Fsp3) is 0.412. The summed E-state index contributed by atoms with van der Waals surface area (Å²) in [4.78, 5) is 16.5. The summed E-state index contributed by atoms with van der Waals surface area (Å²) in [5.41, 5.74) is 1.56. The number of fused-ring (bicyclic) bond motifs is 1. The van der Waals surface area contributed by atoms with E-state index in [1.807, 2.05) is 18.2 Å². The van der Waals surface area contributed by atoms with Gasteiger partial charge in [0.1, 0.15) is 0 Å². The molecule has 2 heterocycles. The van der Waals surface area contributed by atoms with Crippen LogP contribution in [0.1, 0.15) is 49.7 Å². The summed E-state index contributed by atoms with van der Waals surface area (Å²) in [6.07, 6.45) is 7.62. The van der Waals surface area contributed by atoms with Gasteiger partial charge in [-0.3, -0.25) is 5.10 Å². The molecule has 1 saturated carbocycles. The van der Waals surface area contributed by atoms with Gasteiger partial charge >= 0.3 is 6.03 Å². The smallest absolute Gasteiger partial charge is 0.319 e. The molecule has 25 heavy (non-hydrogen) atoms. The van der Waals surface area contributed by atoms with Gasteiger partial charge in [-0.15, -0.1) is 0 Å². The molecule has 3 aromatic rings. The third kappa shape index (κ3) is 3.47. The number of aromatic amines is 1. The quantitative estimate of drug-likeness (QED) is 0.675. The molecule has 0 atom stereocenters. The van der Waals surface area contributed by atoms with Crippen LogP contribution >= 0.6 is 0 Å². The van der Waals surface area contributed by atoms with Crippen LogP contribution in [0, 0.1) is 0 Å². The molecular weight excluding hydrogens is 320 g/mol. The Balaban J connectivity index is 1.34. The van der Waals surface area contributed by atoms with Gasteiger partial charge in [0.15, 0.2) is 5.82 Å². The van der Waals surface area contributed by atoms with Crippen molar-refractivity contribution in [3.8, 4) is 0 Å². The molecule has 0 radical (unpaired) electrons. The summed E-state index contributed by atoms with van der Waals surface area (Å²) >= 11 is 0. The fourth-order valence-corrected chi connectivity index (χ4v) is 3.27. The second-order valence-electron chi connectivity index (χ2n) is 6.33. The molecule has 0 aliphatic heterocycles. The first-order valence-corrected chi connectivity index (χ1v) is 8.59. The highest BCUT2D eigenvalue weighted by atomic mass is 16.5. The standard InChI is InChI=1S/C17H20N6O2/c24-17(20-13-7-4-8-14-12(13)9-19-22-14)18-10-15-21-16(23-25-15)11-5-2-1-3-6-11/h4,7-9,11H,1-3,5-6,10H2,(H,19,22)(H2,18,20,24). The van der Waals surface area contributed by atoms with Gasteiger partial charge in [0.2, 0.25) is 5.89 Å². The SMILES string of the molecule is O=C(NCc1nc(C2CCCCC2)no1)Nc1cccc2[nH]ncc12. The zero-order valence-corrected chi connectivity index (χ0v) is 13.8. The highest BCUT2D eigenvalue weighted by Crippen LogP contribution is 2.30. The molecule has 1 fully saturated rings. The predicted molar refractivity (Wildman–Crippen MR) is 92.1 cm³/mol. The van der Waals surface area contributed by atoms with Crippen molar-refractivity contribution in [3.63, 3.8) is 0 Å². The number of aromatic nitrogens is 4. The number of hydrogen-bond donors (Lipinski definition) is 3. The van der Waals surface area contributed by atoms with E-state index in [1.165, 1.54) is 19.3 Å². The second-order valence-corrected chi connectivity index (χ2v) is 6.33. The van der Waals surface area contributed by atoms with Crippen molar-refractivity contribution in [2.45, 2.75) is 44.6 Å². The highest BCUT2D eigenvalue weighted by molar-refractivity contribution is 6.00. The molecule has 1 aromatic carbocycles. The Labute approximate surface area is 144 Å². The number of amides is 2. The summed E-state index contributed by atoms with van der Waals surface area (Å²) in [7, 11) is 0. The number of nitrogens with one attached hydrogen (secondary N) is 3. The number of H-pyrrole nitrogens is 1. The van der Waals surface area contributed by atoms with E-state index in [1.54, 1.807) is 6.20 Å². The molecule has 1 aliphatic carbocycles. The van der Waals surface area contributed by atoms with Crippen LogP contribution in [0.4, 0.5) is 10.5 Å². The summed E-state index contributed by atoms with van der Waals surface area (Å²) < 4.78 is 5.26. The maximum Gasteiger partial charge on any atom is 0.319 e. The van der Waals surface area contributed by atoms with Crippen LogP contribution in [0.2, 0.25) is 0 Å². The molecule has 3 N–H and O–H groups in total. The van der Waals surface area contributed by atoms with Crippen molar-refractivity contribution in [1.82, 2.24) is 25.7 Å². The molecule has 0 saturated heterocycles. The predicted octanol–water partition coefficient (Wildman–Crippen LogP) is 3.32. The monoisotopic (exact) mass is 340 g/mol. The van der Waals surface area contributed by atoms with Gasteiger partial charge in [-0.05, 0) is 25.0 Å². The number of hydrogen-bond acceptors (Lipinski definition) is 5. The number of urea groups is 1. The van der Waals surface area contributed by atoms with Crippen molar-refractivity contribution in [2.75, 3.05) is 5.32 Å². The van der Waals surface area contributed by atoms with Crippen LogP contribution in [-0.2, 0) is 6.54 Å². The molecule has 0 unspecified atom stereocenters. The van der Waals surface area contributed by atoms with E-state index < -0.39 is 0 Å². The lowest BCUT2D eigenvalue weighted by Gasteiger charge is -2.17. The van der Waals surface area contributed by atoms with E-state index in [0.717, 1.165) is 29.6 Å². The molecule has 130 valence electrons. The average Bonchev–Trinajstić information content (AvgIpc) is 3.31. The number of carbonyl (C=O) groups is 1. The number of nitrogens with zero attached hydrogens (tertiary/aromatic N) is 3. The summed E-state index contributed by atoms with van der Waals surface area (Å²) in [6, 6.07) is 5.25. The van der Waals surface area contributed by atoms with Crippen LogP contribution < -0.4 is 10.6 Å². The summed E-state index contributed by atoms with van der Waals surface area (Å²) in [5, 5.41) is 17.3. The summed E-state index contributed by atoms with van der Waals surface area (Å²) in [6.45, 7) is 0.201. The topological polar surface area (TPSA) is 109 Å². The van der Waals surface area contributed by atoms with Gasteiger partial charge < -0.3 is 15.2 Å². The molecule has 2 aromatic heterocycles. The molecule has 2 amide bonds. The van der Waals surface area contributed by atoms with Crippen molar-refractivity contribution in [1.29, 1.82) is 0 Å². The Morgan fingerprint density at radius 1 is 1.28 bits per heavy atom. The maximum absolute atomic E-state index is 12.1. The van der Waals surface area contributed by atoms with Crippen molar-refractivity contribution in [3.05, 3.63) is 36.1 Å². The molecule has 0 bridgehead atoms. The second kappa shape index (κ2) is 6.92. The van der Waals surface area contributed by atoms with Crippen LogP contribution in [0.25, 0.3) is 10.9 Å². The number of anilines is 1. The zero-order chi connectivity index (χ0) is 17.1. The number of rotatable bonds is 4. The fourth-order valence-electron chi connectivity index (χ4n) is 3.27. The average molecular weight is 340 g/mol. The molecular formula is C17H20N6O2. The maximum atomic E-state index is 12.1. The van der Waals surface area contributed by atoms with Crippen LogP contribution in [0.3, 0.4) is 0 Å². The Bertz CT molecular complexity index is 865. The van der Waals surface area contributed by atoms with Crippen LogP contribution in [-0.4, -0.2) is 26.4 Å². The van der Waals surface area contributed by atoms with Crippen molar-refractivity contribution in [2.24, 2.45) is 0 Å². The molecule has 4 rings (SSSR count). The normalized spacial score (nSPS) is 15.4. The van der Waals surface area contributed by atoms with Crippen molar-refractivity contribution >= 4 is 22.6 Å². The van der Waals surface area contributed by atoms with Gasteiger partial charge in [0.25, 0.3) is 0 Å². The lowest BCUT2D eigenvalue weighted by atomic mass is 9.89. The van der Waals surface area contributed by atoms with E-state index in [0.29, 0.717) is 17.5 Å². The van der Waals surface area contributed by atoms with Crippen LogP contribution in [0.5, 0.6) is 0 Å². The van der Waals surface area contributed by atoms with Gasteiger partial charge in [-0.25, -0.2) is 4.79 Å². The first-order valence-electron chi connectivity index (χ1n) is 8.59. The molecule has 1 aliphatic rings. The van der Waals surface area contributed by atoms with Gasteiger partial charge in [-0.1, -0.05) is 30.5 Å². The van der Waals surface area contributed by atoms with Crippen molar-refractivity contribution < 1.29 is 9.32 Å². The van der Waals surface area contributed by atoms with E-state index >= 15 is 0 Å². The zero-order valence-electron chi connectivity index (χ0n) is 13.8. The third-order valence-electron chi connectivity index (χ3n) is 4.59. The van der Waals surface area contributed by atoms with Gasteiger partial charge in [0, 0.05) is 11.3 Å². The number of benzene rings is 1. The molecule has 8 heteroatoms. The largest absolute Gasteiger partial charge is 0.337 e.